The average Bonchev–Trinajstić information content (AvgIpc) is 2.72. The summed E-state index contributed by atoms with van der Waals surface area (Å²) in [6.07, 6.45) is -2.79. The van der Waals surface area contributed by atoms with Crippen LogP contribution in [-0.4, -0.2) is 44.9 Å². The number of piperidine rings is 1. The second kappa shape index (κ2) is 9.91. The number of ether oxygens (including phenoxy) is 1. The zero-order chi connectivity index (χ0) is 23.4. The smallest absolute Gasteiger partial charge is 0.405 e. The highest BCUT2D eigenvalue weighted by Crippen LogP contribution is 2.29. The van der Waals surface area contributed by atoms with Crippen LogP contribution in [0.4, 0.5) is 13.2 Å². The van der Waals surface area contributed by atoms with Gasteiger partial charge in [-0.05, 0) is 43.6 Å². The maximum absolute atomic E-state index is 12.8. The van der Waals surface area contributed by atoms with Crippen molar-refractivity contribution in [1.82, 2.24) is 10.2 Å². The van der Waals surface area contributed by atoms with Crippen molar-refractivity contribution < 1.29 is 31.1 Å². The van der Waals surface area contributed by atoms with E-state index in [1.807, 2.05) is 18.2 Å². The number of carbonyl (C=O) groups is 1. The van der Waals surface area contributed by atoms with Crippen LogP contribution in [-0.2, 0) is 27.7 Å². The molecule has 1 fully saturated rings. The van der Waals surface area contributed by atoms with Gasteiger partial charge < -0.3 is 10.1 Å². The van der Waals surface area contributed by atoms with Crippen molar-refractivity contribution in [3.05, 3.63) is 59.7 Å². The third kappa shape index (κ3) is 6.96. The Morgan fingerprint density at radius 1 is 1.12 bits per heavy atom. The molecule has 0 aromatic heterocycles. The van der Waals surface area contributed by atoms with Gasteiger partial charge in [0.2, 0.25) is 5.91 Å². The van der Waals surface area contributed by atoms with Crippen molar-refractivity contribution in [3.8, 4) is 5.75 Å². The number of alkyl halides is 3. The van der Waals surface area contributed by atoms with Crippen LogP contribution in [0, 0.1) is 5.92 Å². The fraction of sp³-hybridized carbons (Fsp3) is 0.409. The molecule has 0 bridgehead atoms. The highest BCUT2D eigenvalue weighted by atomic mass is 32.2. The van der Waals surface area contributed by atoms with E-state index in [-0.39, 0.29) is 28.8 Å². The molecule has 1 aliphatic rings. The summed E-state index contributed by atoms with van der Waals surface area (Å²) < 4.78 is 65.6. The summed E-state index contributed by atoms with van der Waals surface area (Å²) >= 11 is 0. The number of likely N-dealkylation sites (tertiary alicyclic amines) is 1. The Labute approximate surface area is 185 Å². The second-order valence-corrected chi connectivity index (χ2v) is 9.86. The normalized spacial score (nSPS) is 16.0. The molecule has 6 nitrogen and oxygen atoms in total. The lowest BCUT2D eigenvalue weighted by molar-refractivity contribution is -0.275. The molecule has 2 aromatic carbocycles. The van der Waals surface area contributed by atoms with Crippen molar-refractivity contribution in [3.63, 3.8) is 0 Å². The first-order valence-corrected chi connectivity index (χ1v) is 12.0. The quantitative estimate of drug-likeness (QED) is 0.670. The first-order chi connectivity index (χ1) is 15.0. The number of nitrogens with zero attached hydrogens (tertiary/aromatic N) is 1. The van der Waals surface area contributed by atoms with Crippen molar-refractivity contribution >= 4 is 15.7 Å². The Bertz CT molecular complexity index is 1030. The lowest BCUT2D eigenvalue weighted by Gasteiger charge is -2.31. The number of hydrogen-bond acceptors (Lipinski definition) is 5. The van der Waals surface area contributed by atoms with Crippen LogP contribution >= 0.6 is 0 Å². The van der Waals surface area contributed by atoms with E-state index in [4.69, 9.17) is 0 Å². The molecule has 0 spiro atoms. The number of amides is 1. The summed E-state index contributed by atoms with van der Waals surface area (Å²) in [4.78, 5) is 14.5. The Hall–Kier alpha value is -2.59. The number of carbonyl (C=O) groups excluding carboxylic acids is 1. The maximum Gasteiger partial charge on any atom is 0.573 e. The SMILES string of the molecule is CS(=O)(=O)c1ccc(CNC(=O)C2CCN(Cc3ccccc3)CC2)c(OC(F)(F)F)c1. The number of rotatable bonds is 7. The molecule has 1 heterocycles. The van der Waals surface area contributed by atoms with Gasteiger partial charge >= 0.3 is 6.36 Å². The molecule has 1 saturated heterocycles. The third-order valence-electron chi connectivity index (χ3n) is 5.35. The fourth-order valence-electron chi connectivity index (χ4n) is 3.65. The van der Waals surface area contributed by atoms with Crippen LogP contribution in [0.15, 0.2) is 53.4 Å². The summed E-state index contributed by atoms with van der Waals surface area (Å²) in [5, 5.41) is 2.66. The molecule has 0 radical (unpaired) electrons. The second-order valence-electron chi connectivity index (χ2n) is 7.84. The van der Waals surface area contributed by atoms with E-state index in [2.05, 4.69) is 27.1 Å². The minimum atomic E-state index is -4.99. The largest absolute Gasteiger partial charge is 0.573 e. The van der Waals surface area contributed by atoms with E-state index in [9.17, 15) is 26.4 Å². The monoisotopic (exact) mass is 470 g/mol. The van der Waals surface area contributed by atoms with Crippen LogP contribution in [0.3, 0.4) is 0 Å². The van der Waals surface area contributed by atoms with Gasteiger partial charge in [-0.1, -0.05) is 36.4 Å². The lowest BCUT2D eigenvalue weighted by Crippen LogP contribution is -2.40. The molecule has 174 valence electrons. The van der Waals surface area contributed by atoms with Gasteiger partial charge in [0.1, 0.15) is 5.75 Å². The van der Waals surface area contributed by atoms with Gasteiger partial charge in [0.15, 0.2) is 9.84 Å². The summed E-state index contributed by atoms with van der Waals surface area (Å²) in [7, 11) is -3.71. The number of nitrogens with one attached hydrogen (secondary N) is 1. The Morgan fingerprint density at radius 3 is 2.38 bits per heavy atom. The first-order valence-electron chi connectivity index (χ1n) is 10.1. The van der Waals surface area contributed by atoms with Gasteiger partial charge in [0, 0.05) is 30.8 Å². The van der Waals surface area contributed by atoms with Crippen molar-refractivity contribution in [1.29, 1.82) is 0 Å². The molecule has 1 aliphatic heterocycles. The van der Waals surface area contributed by atoms with Crippen LogP contribution in [0.2, 0.25) is 0 Å². The molecule has 0 atom stereocenters. The molecule has 2 aromatic rings. The van der Waals surface area contributed by atoms with E-state index in [1.54, 1.807) is 0 Å². The highest BCUT2D eigenvalue weighted by molar-refractivity contribution is 7.90. The molecular weight excluding hydrogens is 445 g/mol. The van der Waals surface area contributed by atoms with Gasteiger partial charge in [-0.3, -0.25) is 9.69 Å². The molecule has 1 N–H and O–H groups in total. The molecule has 0 saturated carbocycles. The molecule has 1 amide bonds. The predicted octanol–water partition coefficient (Wildman–Crippen LogP) is 3.52. The zero-order valence-electron chi connectivity index (χ0n) is 17.6. The number of benzene rings is 2. The van der Waals surface area contributed by atoms with E-state index < -0.39 is 21.9 Å². The molecule has 10 heteroatoms. The van der Waals surface area contributed by atoms with Crippen LogP contribution in [0.1, 0.15) is 24.0 Å². The predicted molar refractivity (Wildman–Crippen MR) is 113 cm³/mol. The van der Waals surface area contributed by atoms with Crippen molar-refractivity contribution in [2.75, 3.05) is 19.3 Å². The van der Waals surface area contributed by atoms with Gasteiger partial charge in [-0.25, -0.2) is 8.42 Å². The van der Waals surface area contributed by atoms with Gasteiger partial charge in [0.25, 0.3) is 0 Å². The molecule has 0 unspecified atom stereocenters. The minimum Gasteiger partial charge on any atom is -0.405 e. The molecule has 0 aliphatic carbocycles. The molecular formula is C22H25F3N2O4S. The number of sulfone groups is 1. The van der Waals surface area contributed by atoms with E-state index in [1.165, 1.54) is 17.7 Å². The Balaban J connectivity index is 1.58. The summed E-state index contributed by atoms with van der Waals surface area (Å²) in [6, 6.07) is 13.3. The van der Waals surface area contributed by atoms with Gasteiger partial charge in [-0.2, -0.15) is 0 Å². The summed E-state index contributed by atoms with van der Waals surface area (Å²) in [5.74, 6) is -1.11. The standard InChI is InChI=1S/C22H25F3N2O4S/c1-32(29,30)19-8-7-18(20(13-19)31-22(23,24)25)14-26-21(28)17-9-11-27(12-10-17)15-16-5-3-2-4-6-16/h2-8,13,17H,9-12,14-15H2,1H3,(H,26,28). The van der Waals surface area contributed by atoms with Crippen LogP contribution < -0.4 is 10.1 Å². The Morgan fingerprint density at radius 2 is 1.78 bits per heavy atom. The fourth-order valence-corrected chi connectivity index (χ4v) is 4.29. The molecule has 3 rings (SSSR count). The topological polar surface area (TPSA) is 75.7 Å². The van der Waals surface area contributed by atoms with E-state index in [0.29, 0.717) is 12.8 Å². The third-order valence-corrected chi connectivity index (χ3v) is 6.46. The maximum atomic E-state index is 12.8. The number of halogens is 3. The zero-order valence-corrected chi connectivity index (χ0v) is 18.4. The van der Waals surface area contributed by atoms with Crippen LogP contribution in [0.25, 0.3) is 0 Å². The first kappa shape index (κ1) is 24.1. The van der Waals surface area contributed by atoms with Crippen molar-refractivity contribution in [2.24, 2.45) is 5.92 Å². The van der Waals surface area contributed by atoms with Gasteiger partial charge in [-0.15, -0.1) is 13.2 Å². The van der Waals surface area contributed by atoms with E-state index in [0.717, 1.165) is 32.0 Å². The summed E-state index contributed by atoms with van der Waals surface area (Å²) in [6.45, 7) is 2.11. The minimum absolute atomic E-state index is 0.0459. The van der Waals surface area contributed by atoms with Crippen LogP contribution in [0.5, 0.6) is 5.75 Å². The Kier molecular flexibility index (Phi) is 7.45. The average molecular weight is 471 g/mol. The van der Waals surface area contributed by atoms with E-state index >= 15 is 0 Å². The highest BCUT2D eigenvalue weighted by Gasteiger charge is 2.33. The van der Waals surface area contributed by atoms with Gasteiger partial charge in [0.05, 0.1) is 4.90 Å². The molecule has 32 heavy (non-hydrogen) atoms. The number of hydrogen-bond donors (Lipinski definition) is 1. The van der Waals surface area contributed by atoms with Crippen molar-refractivity contribution in [2.45, 2.75) is 37.2 Å². The lowest BCUT2D eigenvalue weighted by atomic mass is 9.95. The summed E-state index contributed by atoms with van der Waals surface area (Å²) in [5.41, 5.74) is 1.25.